The van der Waals surface area contributed by atoms with E-state index in [2.05, 4.69) is 29.5 Å². The van der Waals surface area contributed by atoms with Crippen molar-refractivity contribution in [3.8, 4) is 5.75 Å². The number of amides is 3. The maximum atomic E-state index is 13.6. The molecule has 3 amide bonds. The summed E-state index contributed by atoms with van der Waals surface area (Å²) in [5, 5.41) is 15.3. The van der Waals surface area contributed by atoms with Crippen LogP contribution in [0.3, 0.4) is 0 Å². The Labute approximate surface area is 230 Å². The Morgan fingerprint density at radius 2 is 1.77 bits per heavy atom. The Kier molecular flexibility index (Phi) is 9.80. The molecule has 1 aliphatic carbocycles. The van der Waals surface area contributed by atoms with Gasteiger partial charge in [-0.15, -0.1) is 0 Å². The predicted molar refractivity (Wildman–Crippen MR) is 151 cm³/mol. The first kappa shape index (κ1) is 28.8. The van der Waals surface area contributed by atoms with E-state index in [1.165, 1.54) is 56.4 Å². The van der Waals surface area contributed by atoms with Gasteiger partial charge in [0.1, 0.15) is 17.7 Å². The van der Waals surface area contributed by atoms with Crippen LogP contribution in [0, 0.1) is 17.7 Å². The first-order chi connectivity index (χ1) is 18.7. The number of aliphatic hydroxyl groups excluding tert-OH is 1. The molecule has 0 saturated heterocycles. The van der Waals surface area contributed by atoms with Gasteiger partial charge in [0, 0.05) is 36.9 Å². The van der Waals surface area contributed by atoms with Crippen LogP contribution in [-0.2, 0) is 0 Å². The van der Waals surface area contributed by atoms with Crippen LogP contribution < -0.4 is 15.4 Å². The maximum Gasteiger partial charge on any atom is 0.323 e. The fourth-order valence-corrected chi connectivity index (χ4v) is 5.54. The molecule has 39 heavy (non-hydrogen) atoms. The zero-order valence-corrected chi connectivity index (χ0v) is 23.2. The molecule has 3 atom stereocenters. The van der Waals surface area contributed by atoms with Crippen molar-refractivity contribution in [3.05, 3.63) is 53.8 Å². The first-order valence-electron chi connectivity index (χ1n) is 14.0. The summed E-state index contributed by atoms with van der Waals surface area (Å²) in [4.78, 5) is 30.2. The van der Waals surface area contributed by atoms with E-state index in [4.69, 9.17) is 4.74 Å². The van der Waals surface area contributed by atoms with Gasteiger partial charge in [0.15, 0.2) is 0 Å². The van der Waals surface area contributed by atoms with Gasteiger partial charge in [0.2, 0.25) is 0 Å². The highest BCUT2D eigenvalue weighted by Crippen LogP contribution is 2.31. The van der Waals surface area contributed by atoms with Crippen molar-refractivity contribution in [3.63, 3.8) is 0 Å². The molecular weight excluding hydrogens is 499 g/mol. The summed E-state index contributed by atoms with van der Waals surface area (Å²) in [6.07, 6.45) is 6.33. The standard InChI is InChI=1S/C30H41FN4O4/c1-20-16-35(21(2)19-36)29(37)26-15-25(33-30(38)32-24-11-9-23(31)10-12-24)13-14-27(26)39-28(20)18-34(3)17-22-7-5-4-6-8-22/h9-15,20-22,28,36H,4-8,16-19H2,1-3H3,(H2,32,33,38)/t20-,21-,28-/m0/s1. The molecule has 1 aliphatic heterocycles. The van der Waals surface area contributed by atoms with Gasteiger partial charge in [-0.1, -0.05) is 26.2 Å². The van der Waals surface area contributed by atoms with Gasteiger partial charge in [0.05, 0.1) is 18.2 Å². The molecule has 1 fully saturated rings. The Balaban J connectivity index is 1.53. The lowest BCUT2D eigenvalue weighted by Gasteiger charge is -2.38. The summed E-state index contributed by atoms with van der Waals surface area (Å²) in [6, 6.07) is 9.59. The van der Waals surface area contributed by atoms with E-state index < -0.39 is 11.8 Å². The summed E-state index contributed by atoms with van der Waals surface area (Å²) < 4.78 is 19.7. The van der Waals surface area contributed by atoms with Crippen LogP contribution in [0.15, 0.2) is 42.5 Å². The van der Waals surface area contributed by atoms with E-state index in [9.17, 15) is 19.1 Å². The normalized spacial score (nSPS) is 21.0. The van der Waals surface area contributed by atoms with E-state index in [0.29, 0.717) is 35.2 Å². The van der Waals surface area contributed by atoms with Crippen molar-refractivity contribution in [1.82, 2.24) is 9.80 Å². The number of nitrogens with one attached hydrogen (secondary N) is 2. The molecule has 0 bridgehead atoms. The number of ether oxygens (including phenoxy) is 1. The van der Waals surface area contributed by atoms with Gasteiger partial charge in [-0.25, -0.2) is 9.18 Å². The molecule has 2 aromatic rings. The topological polar surface area (TPSA) is 94.1 Å². The number of aliphatic hydroxyl groups is 1. The minimum Gasteiger partial charge on any atom is -0.488 e. The number of hydrogen-bond acceptors (Lipinski definition) is 5. The number of halogens is 1. The van der Waals surface area contributed by atoms with E-state index >= 15 is 0 Å². The van der Waals surface area contributed by atoms with Crippen LogP contribution in [0.1, 0.15) is 56.3 Å². The molecule has 0 unspecified atom stereocenters. The molecule has 2 aliphatic rings. The number of likely N-dealkylation sites (N-methyl/N-ethyl adjacent to an activating group) is 1. The minimum atomic E-state index is -0.516. The van der Waals surface area contributed by atoms with E-state index in [0.717, 1.165) is 13.1 Å². The number of nitrogens with zero attached hydrogens (tertiary/aromatic N) is 2. The predicted octanol–water partition coefficient (Wildman–Crippen LogP) is 5.20. The lowest BCUT2D eigenvalue weighted by atomic mass is 9.89. The average molecular weight is 541 g/mol. The molecule has 0 spiro atoms. The Hall–Kier alpha value is -3.17. The quantitative estimate of drug-likeness (QED) is 0.428. The monoisotopic (exact) mass is 540 g/mol. The lowest BCUT2D eigenvalue weighted by molar-refractivity contribution is 0.0330. The van der Waals surface area contributed by atoms with Crippen molar-refractivity contribution < 1.29 is 23.8 Å². The number of fused-ring (bicyclic) bond motifs is 1. The summed E-state index contributed by atoms with van der Waals surface area (Å²) in [7, 11) is 2.14. The molecule has 3 N–H and O–H groups in total. The largest absolute Gasteiger partial charge is 0.488 e. The highest BCUT2D eigenvalue weighted by Gasteiger charge is 2.34. The van der Waals surface area contributed by atoms with Crippen LogP contribution in [0.2, 0.25) is 0 Å². The molecule has 2 aromatic carbocycles. The third kappa shape index (κ3) is 7.70. The zero-order valence-electron chi connectivity index (χ0n) is 23.2. The van der Waals surface area contributed by atoms with E-state index in [-0.39, 0.29) is 30.6 Å². The molecule has 0 radical (unpaired) electrons. The Morgan fingerprint density at radius 1 is 1.10 bits per heavy atom. The summed E-state index contributed by atoms with van der Waals surface area (Å²) in [5.41, 5.74) is 1.19. The number of carbonyl (C=O) groups excluding carboxylic acids is 2. The van der Waals surface area contributed by atoms with Crippen LogP contribution in [0.4, 0.5) is 20.6 Å². The molecule has 1 heterocycles. The Morgan fingerprint density at radius 3 is 2.46 bits per heavy atom. The molecule has 4 rings (SSSR count). The molecule has 1 saturated carbocycles. The van der Waals surface area contributed by atoms with Crippen LogP contribution in [-0.4, -0.2) is 72.3 Å². The molecule has 8 nitrogen and oxygen atoms in total. The minimum absolute atomic E-state index is 0.0456. The van der Waals surface area contributed by atoms with Gasteiger partial charge in [-0.05, 0) is 75.2 Å². The second-order valence-electron chi connectivity index (χ2n) is 11.1. The van der Waals surface area contributed by atoms with Crippen molar-refractivity contribution >= 4 is 23.3 Å². The molecule has 0 aromatic heterocycles. The summed E-state index contributed by atoms with van der Waals surface area (Å²) in [5.74, 6) is 0.569. The van der Waals surface area contributed by atoms with Gasteiger partial charge in [0.25, 0.3) is 5.91 Å². The van der Waals surface area contributed by atoms with Crippen LogP contribution >= 0.6 is 0 Å². The first-order valence-corrected chi connectivity index (χ1v) is 14.0. The Bertz CT molecular complexity index is 1120. The molecular formula is C30H41FN4O4. The van der Waals surface area contributed by atoms with E-state index in [1.54, 1.807) is 23.1 Å². The third-order valence-electron chi connectivity index (χ3n) is 7.81. The number of urea groups is 1. The average Bonchev–Trinajstić information content (AvgIpc) is 2.92. The number of hydrogen-bond donors (Lipinski definition) is 3. The second-order valence-corrected chi connectivity index (χ2v) is 11.1. The van der Waals surface area contributed by atoms with Crippen molar-refractivity contribution in [2.75, 3.05) is 43.9 Å². The highest BCUT2D eigenvalue weighted by atomic mass is 19.1. The number of benzene rings is 2. The van der Waals surface area contributed by atoms with Gasteiger partial charge >= 0.3 is 6.03 Å². The van der Waals surface area contributed by atoms with Crippen molar-refractivity contribution in [2.45, 2.75) is 58.1 Å². The molecule has 212 valence electrons. The SMILES string of the molecule is C[C@H]1CN([C@@H](C)CO)C(=O)c2cc(NC(=O)Nc3ccc(F)cc3)ccc2O[C@H]1CN(C)CC1CCCCC1. The number of rotatable bonds is 8. The molecule has 9 heteroatoms. The fraction of sp³-hybridized carbons (Fsp3) is 0.533. The van der Waals surface area contributed by atoms with Gasteiger partial charge in [-0.3, -0.25) is 4.79 Å². The second kappa shape index (κ2) is 13.3. The smallest absolute Gasteiger partial charge is 0.323 e. The fourth-order valence-electron chi connectivity index (χ4n) is 5.54. The lowest BCUT2D eigenvalue weighted by Crippen LogP contribution is -2.50. The maximum absolute atomic E-state index is 13.6. The highest BCUT2D eigenvalue weighted by molar-refractivity contribution is 6.02. The van der Waals surface area contributed by atoms with Crippen molar-refractivity contribution in [1.29, 1.82) is 0 Å². The summed E-state index contributed by atoms with van der Waals surface area (Å²) in [6.45, 7) is 5.97. The number of anilines is 2. The van der Waals surface area contributed by atoms with Crippen molar-refractivity contribution in [2.24, 2.45) is 11.8 Å². The van der Waals surface area contributed by atoms with Gasteiger partial charge < -0.3 is 30.3 Å². The summed E-state index contributed by atoms with van der Waals surface area (Å²) >= 11 is 0. The van der Waals surface area contributed by atoms with Crippen LogP contribution in [0.25, 0.3) is 0 Å². The van der Waals surface area contributed by atoms with Crippen LogP contribution in [0.5, 0.6) is 5.75 Å². The number of carbonyl (C=O) groups is 2. The third-order valence-corrected chi connectivity index (χ3v) is 7.81. The zero-order chi connectivity index (χ0) is 27.9. The van der Waals surface area contributed by atoms with E-state index in [1.807, 2.05) is 6.92 Å². The van der Waals surface area contributed by atoms with Gasteiger partial charge in [-0.2, -0.15) is 0 Å².